The lowest BCUT2D eigenvalue weighted by Gasteiger charge is -2.07. The largest absolute Gasteiger partial charge is 0.396 e. The van der Waals surface area contributed by atoms with Crippen LogP contribution in [-0.4, -0.2) is 17.6 Å². The number of rotatable bonds is 4. The van der Waals surface area contributed by atoms with E-state index in [2.05, 4.69) is 5.32 Å². The number of carbonyl (C=O) groups excluding carboxylic acids is 1. The molecular formula is C15H19NO2. The highest BCUT2D eigenvalue weighted by molar-refractivity contribution is 5.95. The fraction of sp³-hybridized carbons (Fsp3) is 0.533. The summed E-state index contributed by atoms with van der Waals surface area (Å²) in [5.41, 5.74) is 1.96. The number of aliphatic hydroxyl groups excluding tert-OH is 1. The molecule has 3 heteroatoms. The highest BCUT2D eigenvalue weighted by atomic mass is 16.2. The van der Waals surface area contributed by atoms with Gasteiger partial charge in [0.05, 0.1) is 0 Å². The second-order valence-corrected chi connectivity index (χ2v) is 5.44. The van der Waals surface area contributed by atoms with Crippen molar-refractivity contribution in [2.45, 2.75) is 25.7 Å². The molecule has 2 atom stereocenters. The van der Waals surface area contributed by atoms with Crippen LogP contribution in [0, 0.1) is 17.8 Å². The van der Waals surface area contributed by atoms with E-state index in [0.29, 0.717) is 18.3 Å². The van der Waals surface area contributed by atoms with E-state index in [1.807, 2.05) is 24.3 Å². The van der Waals surface area contributed by atoms with Gasteiger partial charge in [0.2, 0.25) is 5.91 Å². The van der Waals surface area contributed by atoms with Gasteiger partial charge in [0, 0.05) is 18.2 Å². The first-order chi connectivity index (χ1) is 8.79. The van der Waals surface area contributed by atoms with Gasteiger partial charge >= 0.3 is 0 Å². The zero-order chi connectivity index (χ0) is 12.5. The molecule has 2 unspecified atom stereocenters. The molecule has 1 aromatic rings. The molecule has 0 saturated heterocycles. The van der Waals surface area contributed by atoms with Crippen LogP contribution < -0.4 is 5.32 Å². The van der Waals surface area contributed by atoms with Gasteiger partial charge in [-0.25, -0.2) is 0 Å². The first kappa shape index (κ1) is 11.7. The zero-order valence-corrected chi connectivity index (χ0v) is 10.4. The van der Waals surface area contributed by atoms with Crippen LogP contribution in [0.3, 0.4) is 0 Å². The summed E-state index contributed by atoms with van der Waals surface area (Å²) in [5.74, 6) is 1.80. The maximum atomic E-state index is 12.0. The molecule has 96 valence electrons. The van der Waals surface area contributed by atoms with Crippen molar-refractivity contribution in [2.75, 3.05) is 11.9 Å². The molecule has 2 N–H and O–H groups in total. The topological polar surface area (TPSA) is 49.3 Å². The lowest BCUT2D eigenvalue weighted by atomic mass is 10.1. The molecule has 0 aromatic heterocycles. The molecule has 3 rings (SSSR count). The van der Waals surface area contributed by atoms with Crippen LogP contribution in [0.5, 0.6) is 0 Å². The summed E-state index contributed by atoms with van der Waals surface area (Å²) in [7, 11) is 0. The summed E-state index contributed by atoms with van der Waals surface area (Å²) in [6.45, 7) is 0.164. The van der Waals surface area contributed by atoms with E-state index in [0.717, 1.165) is 11.3 Å². The second kappa shape index (κ2) is 4.73. The van der Waals surface area contributed by atoms with Crippen molar-refractivity contribution >= 4 is 11.6 Å². The number of amides is 1. The SMILES string of the molecule is O=C(Nc1ccc(CCO)cc1)C1C2CCCC21. The van der Waals surface area contributed by atoms with Crippen LogP contribution >= 0.6 is 0 Å². The van der Waals surface area contributed by atoms with Crippen molar-refractivity contribution < 1.29 is 9.90 Å². The molecule has 2 aliphatic rings. The van der Waals surface area contributed by atoms with Gasteiger partial charge in [-0.15, -0.1) is 0 Å². The first-order valence-electron chi connectivity index (χ1n) is 6.80. The third-order valence-electron chi connectivity index (χ3n) is 4.33. The van der Waals surface area contributed by atoms with E-state index in [-0.39, 0.29) is 18.4 Å². The van der Waals surface area contributed by atoms with Crippen molar-refractivity contribution in [2.24, 2.45) is 17.8 Å². The third kappa shape index (κ3) is 2.15. The van der Waals surface area contributed by atoms with E-state index < -0.39 is 0 Å². The van der Waals surface area contributed by atoms with E-state index in [4.69, 9.17) is 5.11 Å². The zero-order valence-electron chi connectivity index (χ0n) is 10.4. The summed E-state index contributed by atoms with van der Waals surface area (Å²) in [4.78, 5) is 12.0. The molecular weight excluding hydrogens is 226 g/mol. The number of aliphatic hydroxyl groups is 1. The Bertz CT molecular complexity index is 430. The normalized spacial score (nSPS) is 28.8. The Kier molecular flexibility index (Phi) is 3.08. The highest BCUT2D eigenvalue weighted by Gasteiger charge is 2.56. The van der Waals surface area contributed by atoms with E-state index in [1.165, 1.54) is 19.3 Å². The Morgan fingerprint density at radius 2 is 1.89 bits per heavy atom. The number of fused-ring (bicyclic) bond motifs is 1. The number of benzene rings is 1. The Balaban J connectivity index is 1.57. The summed E-state index contributed by atoms with van der Waals surface area (Å²) >= 11 is 0. The average molecular weight is 245 g/mol. The minimum Gasteiger partial charge on any atom is -0.396 e. The Hall–Kier alpha value is -1.35. The van der Waals surface area contributed by atoms with Gasteiger partial charge in [0.1, 0.15) is 0 Å². The molecule has 0 radical (unpaired) electrons. The van der Waals surface area contributed by atoms with Gasteiger partial charge in [0.25, 0.3) is 0 Å². The number of hydrogen-bond acceptors (Lipinski definition) is 2. The van der Waals surface area contributed by atoms with Gasteiger partial charge in [-0.05, 0) is 48.8 Å². The maximum absolute atomic E-state index is 12.0. The molecule has 0 bridgehead atoms. The molecule has 1 aromatic carbocycles. The molecule has 1 amide bonds. The van der Waals surface area contributed by atoms with Crippen molar-refractivity contribution in [1.82, 2.24) is 0 Å². The molecule has 0 heterocycles. The Morgan fingerprint density at radius 1 is 1.22 bits per heavy atom. The average Bonchev–Trinajstić information content (AvgIpc) is 2.86. The van der Waals surface area contributed by atoms with Crippen LogP contribution in [-0.2, 0) is 11.2 Å². The fourth-order valence-corrected chi connectivity index (χ4v) is 3.32. The number of carbonyl (C=O) groups is 1. The summed E-state index contributed by atoms with van der Waals surface area (Å²) in [6, 6.07) is 7.75. The van der Waals surface area contributed by atoms with Gasteiger partial charge in [-0.2, -0.15) is 0 Å². The molecule has 2 saturated carbocycles. The van der Waals surface area contributed by atoms with Crippen LogP contribution in [0.25, 0.3) is 0 Å². The van der Waals surface area contributed by atoms with Gasteiger partial charge in [-0.3, -0.25) is 4.79 Å². The van der Waals surface area contributed by atoms with Crippen LogP contribution in [0.1, 0.15) is 24.8 Å². The molecule has 0 aliphatic heterocycles. The van der Waals surface area contributed by atoms with Crippen molar-refractivity contribution in [3.05, 3.63) is 29.8 Å². The van der Waals surface area contributed by atoms with E-state index in [9.17, 15) is 4.79 Å². The fourth-order valence-electron chi connectivity index (χ4n) is 3.32. The summed E-state index contributed by atoms with van der Waals surface area (Å²) in [5, 5.41) is 11.8. The molecule has 2 aliphatic carbocycles. The maximum Gasteiger partial charge on any atom is 0.228 e. The highest BCUT2D eigenvalue weighted by Crippen LogP contribution is 2.57. The lowest BCUT2D eigenvalue weighted by molar-refractivity contribution is -0.118. The number of anilines is 1. The molecule has 18 heavy (non-hydrogen) atoms. The van der Waals surface area contributed by atoms with Gasteiger partial charge in [-0.1, -0.05) is 18.6 Å². The second-order valence-electron chi connectivity index (χ2n) is 5.44. The standard InChI is InChI=1S/C15H19NO2/c17-9-8-10-4-6-11(7-5-10)16-15(18)14-12-2-1-3-13(12)14/h4-7,12-14,17H,1-3,8-9H2,(H,16,18). The van der Waals surface area contributed by atoms with Crippen molar-refractivity contribution in [1.29, 1.82) is 0 Å². The van der Waals surface area contributed by atoms with E-state index in [1.54, 1.807) is 0 Å². The van der Waals surface area contributed by atoms with E-state index >= 15 is 0 Å². The number of hydrogen-bond donors (Lipinski definition) is 2. The Morgan fingerprint density at radius 3 is 2.50 bits per heavy atom. The third-order valence-corrected chi connectivity index (χ3v) is 4.33. The minimum atomic E-state index is 0.164. The minimum absolute atomic E-state index is 0.164. The summed E-state index contributed by atoms with van der Waals surface area (Å²) < 4.78 is 0. The van der Waals surface area contributed by atoms with Gasteiger partial charge < -0.3 is 10.4 Å². The molecule has 0 spiro atoms. The first-order valence-corrected chi connectivity index (χ1v) is 6.80. The molecule has 2 fully saturated rings. The van der Waals surface area contributed by atoms with Crippen LogP contribution in [0.15, 0.2) is 24.3 Å². The van der Waals surface area contributed by atoms with Crippen molar-refractivity contribution in [3.8, 4) is 0 Å². The predicted octanol–water partition coefficient (Wildman–Crippen LogP) is 2.21. The Labute approximate surface area is 107 Å². The smallest absolute Gasteiger partial charge is 0.228 e. The predicted molar refractivity (Wildman–Crippen MR) is 70.2 cm³/mol. The summed E-state index contributed by atoms with van der Waals surface area (Å²) in [6.07, 6.45) is 4.44. The monoisotopic (exact) mass is 245 g/mol. The van der Waals surface area contributed by atoms with Crippen LogP contribution in [0.4, 0.5) is 5.69 Å². The lowest BCUT2D eigenvalue weighted by Crippen LogP contribution is -2.16. The molecule has 3 nitrogen and oxygen atoms in total. The van der Waals surface area contributed by atoms with Crippen LogP contribution in [0.2, 0.25) is 0 Å². The van der Waals surface area contributed by atoms with Crippen molar-refractivity contribution in [3.63, 3.8) is 0 Å². The quantitative estimate of drug-likeness (QED) is 0.854. The van der Waals surface area contributed by atoms with Gasteiger partial charge in [0.15, 0.2) is 0 Å². The number of nitrogens with one attached hydrogen (secondary N) is 1.